The SMILES string of the molecule is CC1CN(C(=O)C2CCC(F)(F)CC2)CCN1c1nnc(Cl)c2ccccc12. The molecule has 1 atom stereocenters. The van der Waals surface area contributed by atoms with Crippen LogP contribution in [-0.2, 0) is 4.79 Å². The minimum Gasteiger partial charge on any atom is -0.348 e. The molecule has 0 spiro atoms. The summed E-state index contributed by atoms with van der Waals surface area (Å²) in [6.07, 6.45) is 0.165. The van der Waals surface area contributed by atoms with Crippen LogP contribution in [0.1, 0.15) is 32.6 Å². The maximum absolute atomic E-state index is 13.4. The molecular weight excluding hydrogens is 386 g/mol. The molecule has 0 N–H and O–H groups in total. The van der Waals surface area contributed by atoms with Crippen molar-refractivity contribution in [1.82, 2.24) is 15.1 Å². The zero-order chi connectivity index (χ0) is 19.9. The van der Waals surface area contributed by atoms with E-state index in [1.54, 1.807) is 0 Å². The molecule has 5 nitrogen and oxygen atoms in total. The Balaban J connectivity index is 1.48. The monoisotopic (exact) mass is 408 g/mol. The van der Waals surface area contributed by atoms with E-state index in [1.165, 1.54) is 0 Å². The van der Waals surface area contributed by atoms with Crippen LogP contribution in [0.15, 0.2) is 24.3 Å². The van der Waals surface area contributed by atoms with Crippen molar-refractivity contribution in [3.8, 4) is 0 Å². The van der Waals surface area contributed by atoms with Gasteiger partial charge in [-0.1, -0.05) is 35.9 Å². The van der Waals surface area contributed by atoms with E-state index in [9.17, 15) is 13.6 Å². The smallest absolute Gasteiger partial charge is 0.248 e. The third-order valence-electron chi connectivity index (χ3n) is 5.90. The zero-order valence-corrected chi connectivity index (χ0v) is 16.5. The van der Waals surface area contributed by atoms with Crippen LogP contribution in [0.3, 0.4) is 0 Å². The van der Waals surface area contributed by atoms with Crippen LogP contribution < -0.4 is 4.90 Å². The van der Waals surface area contributed by atoms with Gasteiger partial charge in [-0.3, -0.25) is 4.79 Å². The first-order chi connectivity index (χ1) is 13.4. The van der Waals surface area contributed by atoms with Crippen molar-refractivity contribution in [2.45, 2.75) is 44.6 Å². The van der Waals surface area contributed by atoms with Crippen LogP contribution in [0, 0.1) is 5.92 Å². The molecule has 2 aromatic rings. The number of carbonyl (C=O) groups excluding carboxylic acids is 1. The van der Waals surface area contributed by atoms with Crippen LogP contribution in [0.4, 0.5) is 14.6 Å². The molecule has 1 saturated heterocycles. The highest BCUT2D eigenvalue weighted by Crippen LogP contribution is 2.37. The fourth-order valence-corrected chi connectivity index (χ4v) is 4.49. The number of alkyl halides is 2. The molecular formula is C20H23ClF2N4O. The second-order valence-electron chi connectivity index (χ2n) is 7.82. The van der Waals surface area contributed by atoms with Crippen LogP contribution in [0.25, 0.3) is 10.8 Å². The standard InChI is InChI=1S/C20H23ClF2N4O/c1-13-12-26(19(28)14-6-8-20(22,23)9-7-14)10-11-27(13)18-16-5-3-2-4-15(16)17(21)24-25-18/h2-5,13-14H,6-12H2,1H3. The number of halogens is 3. The number of anilines is 1. The molecule has 1 unspecified atom stereocenters. The molecule has 2 fully saturated rings. The van der Waals surface area contributed by atoms with Gasteiger partial charge in [0.05, 0.1) is 0 Å². The van der Waals surface area contributed by atoms with Gasteiger partial charge in [0.2, 0.25) is 11.8 Å². The maximum atomic E-state index is 13.4. The second-order valence-corrected chi connectivity index (χ2v) is 8.17. The third-order valence-corrected chi connectivity index (χ3v) is 6.18. The Hall–Kier alpha value is -2.02. The summed E-state index contributed by atoms with van der Waals surface area (Å²) < 4.78 is 26.8. The average Bonchev–Trinajstić information content (AvgIpc) is 2.68. The van der Waals surface area contributed by atoms with E-state index < -0.39 is 5.92 Å². The highest BCUT2D eigenvalue weighted by molar-refractivity contribution is 6.34. The van der Waals surface area contributed by atoms with Crippen LogP contribution in [-0.4, -0.2) is 52.6 Å². The van der Waals surface area contributed by atoms with Crippen LogP contribution in [0.5, 0.6) is 0 Å². The van der Waals surface area contributed by atoms with Gasteiger partial charge in [0.25, 0.3) is 0 Å². The Labute approximate surface area is 167 Å². The first kappa shape index (κ1) is 19.3. The van der Waals surface area contributed by atoms with Crippen molar-refractivity contribution < 1.29 is 13.6 Å². The molecule has 8 heteroatoms. The van der Waals surface area contributed by atoms with E-state index in [1.807, 2.05) is 36.1 Å². The molecule has 4 rings (SSSR count). The van der Waals surface area contributed by atoms with Crippen molar-refractivity contribution in [3.63, 3.8) is 0 Å². The fraction of sp³-hybridized carbons (Fsp3) is 0.550. The summed E-state index contributed by atoms with van der Waals surface area (Å²) in [5.74, 6) is -2.13. The maximum Gasteiger partial charge on any atom is 0.248 e. The lowest BCUT2D eigenvalue weighted by molar-refractivity contribution is -0.140. The van der Waals surface area contributed by atoms with Crippen molar-refractivity contribution in [3.05, 3.63) is 29.4 Å². The van der Waals surface area contributed by atoms with Gasteiger partial charge in [0.15, 0.2) is 11.0 Å². The Morgan fingerprint density at radius 2 is 1.82 bits per heavy atom. The number of benzene rings is 1. The minimum atomic E-state index is -2.61. The first-order valence-electron chi connectivity index (χ1n) is 9.70. The summed E-state index contributed by atoms with van der Waals surface area (Å²) in [6.45, 7) is 3.76. The summed E-state index contributed by atoms with van der Waals surface area (Å²) in [4.78, 5) is 16.8. The molecule has 28 heavy (non-hydrogen) atoms. The van der Waals surface area contributed by atoms with Gasteiger partial charge in [-0.05, 0) is 19.8 Å². The van der Waals surface area contributed by atoms with Gasteiger partial charge in [0.1, 0.15) is 0 Å². The summed E-state index contributed by atoms with van der Waals surface area (Å²) in [5, 5.41) is 10.5. The summed E-state index contributed by atoms with van der Waals surface area (Å²) in [5.41, 5.74) is 0. The number of hydrogen-bond acceptors (Lipinski definition) is 4. The van der Waals surface area contributed by atoms with E-state index in [2.05, 4.69) is 15.1 Å². The number of aromatic nitrogens is 2. The quantitative estimate of drug-likeness (QED) is 0.749. The molecule has 1 amide bonds. The van der Waals surface area contributed by atoms with E-state index in [4.69, 9.17) is 11.6 Å². The van der Waals surface area contributed by atoms with Crippen molar-refractivity contribution >= 4 is 34.1 Å². The lowest BCUT2D eigenvalue weighted by atomic mass is 9.85. The van der Waals surface area contributed by atoms with Crippen molar-refractivity contribution in [2.75, 3.05) is 24.5 Å². The average molecular weight is 409 g/mol. The minimum absolute atomic E-state index is 0.00838. The molecule has 1 saturated carbocycles. The fourth-order valence-electron chi connectivity index (χ4n) is 4.29. The predicted molar refractivity (Wildman–Crippen MR) is 105 cm³/mol. The number of rotatable bonds is 2. The number of hydrogen-bond donors (Lipinski definition) is 0. The number of carbonyl (C=O) groups is 1. The van der Waals surface area contributed by atoms with Gasteiger partial charge in [-0.2, -0.15) is 0 Å². The summed E-state index contributed by atoms with van der Waals surface area (Å²) >= 11 is 6.18. The van der Waals surface area contributed by atoms with E-state index in [0.29, 0.717) is 24.8 Å². The molecule has 0 bridgehead atoms. The van der Waals surface area contributed by atoms with Crippen LogP contribution >= 0.6 is 11.6 Å². The number of nitrogens with zero attached hydrogens (tertiary/aromatic N) is 4. The molecule has 1 aromatic carbocycles. The molecule has 2 aliphatic rings. The molecule has 2 heterocycles. The van der Waals surface area contributed by atoms with Crippen molar-refractivity contribution in [2.24, 2.45) is 5.92 Å². The lowest BCUT2D eigenvalue weighted by Gasteiger charge is -2.42. The number of piperazine rings is 1. The lowest BCUT2D eigenvalue weighted by Crippen LogP contribution is -2.55. The van der Waals surface area contributed by atoms with Gasteiger partial charge >= 0.3 is 0 Å². The molecule has 1 aliphatic heterocycles. The summed E-state index contributed by atoms with van der Waals surface area (Å²) in [6, 6.07) is 7.78. The highest BCUT2D eigenvalue weighted by Gasteiger charge is 2.39. The van der Waals surface area contributed by atoms with E-state index >= 15 is 0 Å². The van der Waals surface area contributed by atoms with E-state index in [-0.39, 0.29) is 43.6 Å². The largest absolute Gasteiger partial charge is 0.348 e. The van der Waals surface area contributed by atoms with Gasteiger partial charge in [-0.25, -0.2) is 8.78 Å². The van der Waals surface area contributed by atoms with Gasteiger partial charge in [-0.15, -0.1) is 10.2 Å². The second kappa shape index (κ2) is 7.43. The summed E-state index contributed by atoms with van der Waals surface area (Å²) in [7, 11) is 0. The Morgan fingerprint density at radius 1 is 1.14 bits per heavy atom. The van der Waals surface area contributed by atoms with Gasteiger partial charge in [0, 0.05) is 55.2 Å². The highest BCUT2D eigenvalue weighted by atomic mass is 35.5. The zero-order valence-electron chi connectivity index (χ0n) is 15.7. The topological polar surface area (TPSA) is 49.3 Å². The Bertz CT molecular complexity index is 884. The number of amides is 1. The Kier molecular flexibility index (Phi) is 5.12. The molecule has 1 aliphatic carbocycles. The molecule has 1 aromatic heterocycles. The van der Waals surface area contributed by atoms with Crippen LogP contribution in [0.2, 0.25) is 5.15 Å². The third kappa shape index (κ3) is 3.64. The van der Waals surface area contributed by atoms with Crippen molar-refractivity contribution in [1.29, 1.82) is 0 Å². The van der Waals surface area contributed by atoms with E-state index in [0.717, 1.165) is 16.6 Å². The van der Waals surface area contributed by atoms with Gasteiger partial charge < -0.3 is 9.80 Å². The normalized spacial score (nSPS) is 23.2. The molecule has 150 valence electrons. The molecule has 0 radical (unpaired) electrons. The number of fused-ring (bicyclic) bond motifs is 1. The predicted octanol–water partition coefficient (Wildman–Crippen LogP) is 4.15. The first-order valence-corrected chi connectivity index (χ1v) is 10.1. The Morgan fingerprint density at radius 3 is 2.50 bits per heavy atom.